The molecule has 1 N–H and O–H groups in total. The summed E-state index contributed by atoms with van der Waals surface area (Å²) in [6.07, 6.45) is 2.24. The average Bonchev–Trinajstić information content (AvgIpc) is 3.05. The molecule has 3 rings (SSSR count). The van der Waals surface area contributed by atoms with Crippen LogP contribution in [-0.4, -0.2) is 32.3 Å². The fourth-order valence-electron chi connectivity index (χ4n) is 2.75. The zero-order chi connectivity index (χ0) is 14.7. The van der Waals surface area contributed by atoms with E-state index in [1.54, 1.807) is 7.11 Å². The average molecular weight is 285 g/mol. The summed E-state index contributed by atoms with van der Waals surface area (Å²) >= 11 is 0. The Balaban J connectivity index is 1.84. The van der Waals surface area contributed by atoms with Crippen molar-refractivity contribution in [3.63, 3.8) is 0 Å². The Morgan fingerprint density at radius 1 is 1.29 bits per heavy atom. The van der Waals surface area contributed by atoms with Crippen molar-refractivity contribution in [1.82, 2.24) is 5.32 Å². The number of carbonyl (C=O) groups excluding carboxylic acids is 1. The van der Waals surface area contributed by atoms with Gasteiger partial charge in [0, 0.05) is 24.1 Å². The van der Waals surface area contributed by atoms with Crippen molar-refractivity contribution in [3.05, 3.63) is 42.0 Å². The first-order valence-electron chi connectivity index (χ1n) is 7.25. The van der Waals surface area contributed by atoms with Gasteiger partial charge >= 0.3 is 0 Å². The van der Waals surface area contributed by atoms with Crippen LogP contribution in [0, 0.1) is 0 Å². The minimum absolute atomic E-state index is 0.0654. The van der Waals surface area contributed by atoms with E-state index in [0.29, 0.717) is 12.1 Å². The van der Waals surface area contributed by atoms with Crippen LogP contribution in [0.4, 0.5) is 0 Å². The summed E-state index contributed by atoms with van der Waals surface area (Å²) in [7, 11) is 1.64. The lowest BCUT2D eigenvalue weighted by Gasteiger charge is -2.13. The van der Waals surface area contributed by atoms with Crippen molar-refractivity contribution >= 4 is 16.7 Å². The van der Waals surface area contributed by atoms with Crippen LogP contribution in [0.5, 0.6) is 5.75 Å². The number of benzene rings is 2. The van der Waals surface area contributed by atoms with Gasteiger partial charge in [0.05, 0.1) is 13.2 Å². The third-order valence-corrected chi connectivity index (χ3v) is 3.86. The van der Waals surface area contributed by atoms with E-state index in [1.807, 2.05) is 36.4 Å². The van der Waals surface area contributed by atoms with Crippen molar-refractivity contribution < 1.29 is 14.3 Å². The normalized spacial score (nSPS) is 17.9. The molecule has 4 nitrogen and oxygen atoms in total. The first-order valence-corrected chi connectivity index (χ1v) is 7.25. The molecule has 1 unspecified atom stereocenters. The lowest BCUT2D eigenvalue weighted by atomic mass is 10.0. The van der Waals surface area contributed by atoms with Crippen LogP contribution < -0.4 is 10.1 Å². The number of hydrogen-bond donors (Lipinski definition) is 1. The van der Waals surface area contributed by atoms with Gasteiger partial charge in [-0.25, -0.2) is 0 Å². The van der Waals surface area contributed by atoms with Gasteiger partial charge in [-0.2, -0.15) is 0 Å². The molecule has 2 aromatic rings. The summed E-state index contributed by atoms with van der Waals surface area (Å²) in [5.74, 6) is 0.714. The fourth-order valence-corrected chi connectivity index (χ4v) is 2.75. The standard InChI is InChI=1S/C17H19NO3/c1-20-16-9-8-15(13-6-2-3-7-14(13)16)17(19)18-11-12-5-4-10-21-12/h2-3,6-9,12H,4-5,10-11H2,1H3,(H,18,19). The molecule has 0 aromatic heterocycles. The maximum Gasteiger partial charge on any atom is 0.252 e. The smallest absolute Gasteiger partial charge is 0.252 e. The molecule has 1 aliphatic rings. The first-order chi connectivity index (χ1) is 10.3. The zero-order valence-electron chi connectivity index (χ0n) is 12.1. The second-order valence-electron chi connectivity index (χ2n) is 5.21. The zero-order valence-corrected chi connectivity index (χ0v) is 12.1. The lowest BCUT2D eigenvalue weighted by Crippen LogP contribution is -2.31. The molecule has 0 radical (unpaired) electrons. The molecule has 0 spiro atoms. The molecule has 0 bridgehead atoms. The molecule has 1 heterocycles. The summed E-state index contributed by atoms with van der Waals surface area (Å²) in [4.78, 5) is 12.4. The molecule has 1 aliphatic heterocycles. The highest BCUT2D eigenvalue weighted by Crippen LogP contribution is 2.28. The maximum atomic E-state index is 12.4. The monoisotopic (exact) mass is 285 g/mol. The van der Waals surface area contributed by atoms with Crippen LogP contribution in [0.1, 0.15) is 23.2 Å². The second-order valence-corrected chi connectivity index (χ2v) is 5.21. The second kappa shape index (κ2) is 6.14. The number of ether oxygens (including phenoxy) is 2. The molecule has 1 amide bonds. The summed E-state index contributed by atoms with van der Waals surface area (Å²) in [5.41, 5.74) is 0.671. The third kappa shape index (κ3) is 2.85. The molecular weight excluding hydrogens is 266 g/mol. The van der Waals surface area contributed by atoms with Crippen molar-refractivity contribution in [3.8, 4) is 5.75 Å². The molecule has 21 heavy (non-hydrogen) atoms. The molecule has 0 saturated carbocycles. The van der Waals surface area contributed by atoms with Gasteiger partial charge in [-0.3, -0.25) is 4.79 Å². The van der Waals surface area contributed by atoms with Gasteiger partial charge in [0.25, 0.3) is 5.91 Å². The Morgan fingerprint density at radius 2 is 2.10 bits per heavy atom. The van der Waals surface area contributed by atoms with Gasteiger partial charge < -0.3 is 14.8 Å². The van der Waals surface area contributed by atoms with Crippen LogP contribution in [0.25, 0.3) is 10.8 Å². The Bertz CT molecular complexity index is 648. The lowest BCUT2D eigenvalue weighted by molar-refractivity contribution is 0.0859. The van der Waals surface area contributed by atoms with E-state index in [0.717, 1.165) is 36.0 Å². The highest BCUT2D eigenvalue weighted by molar-refractivity contribution is 6.08. The quantitative estimate of drug-likeness (QED) is 0.939. The number of rotatable bonds is 4. The topological polar surface area (TPSA) is 47.6 Å². The van der Waals surface area contributed by atoms with Gasteiger partial charge in [0.1, 0.15) is 5.75 Å². The van der Waals surface area contributed by atoms with E-state index in [1.165, 1.54) is 0 Å². The minimum atomic E-state index is -0.0654. The van der Waals surface area contributed by atoms with Crippen LogP contribution in [0.15, 0.2) is 36.4 Å². The number of nitrogens with one attached hydrogen (secondary N) is 1. The van der Waals surface area contributed by atoms with E-state index >= 15 is 0 Å². The first kappa shape index (κ1) is 13.9. The number of methoxy groups -OCH3 is 1. The largest absolute Gasteiger partial charge is 0.496 e. The molecular formula is C17H19NO3. The molecule has 1 atom stereocenters. The third-order valence-electron chi connectivity index (χ3n) is 3.86. The van der Waals surface area contributed by atoms with E-state index in [9.17, 15) is 4.79 Å². The SMILES string of the molecule is COc1ccc(C(=O)NCC2CCCO2)c2ccccc12. The Hall–Kier alpha value is -2.07. The van der Waals surface area contributed by atoms with Crippen LogP contribution >= 0.6 is 0 Å². The molecule has 110 valence electrons. The van der Waals surface area contributed by atoms with E-state index < -0.39 is 0 Å². The Labute approximate surface area is 124 Å². The predicted octanol–water partition coefficient (Wildman–Crippen LogP) is 2.76. The summed E-state index contributed by atoms with van der Waals surface area (Å²) in [6.45, 7) is 1.37. The Kier molecular flexibility index (Phi) is 4.06. The van der Waals surface area contributed by atoms with Crippen molar-refractivity contribution in [1.29, 1.82) is 0 Å². The maximum absolute atomic E-state index is 12.4. The summed E-state index contributed by atoms with van der Waals surface area (Å²) < 4.78 is 10.9. The highest BCUT2D eigenvalue weighted by Gasteiger charge is 2.18. The van der Waals surface area contributed by atoms with Gasteiger partial charge in [-0.05, 0) is 30.4 Å². The van der Waals surface area contributed by atoms with E-state index in [-0.39, 0.29) is 12.0 Å². The fraction of sp³-hybridized carbons (Fsp3) is 0.353. The van der Waals surface area contributed by atoms with Gasteiger partial charge in [-0.1, -0.05) is 24.3 Å². The number of amides is 1. The summed E-state index contributed by atoms with van der Waals surface area (Å²) in [6, 6.07) is 11.4. The summed E-state index contributed by atoms with van der Waals surface area (Å²) in [5, 5.41) is 4.82. The molecule has 2 aromatic carbocycles. The van der Waals surface area contributed by atoms with Gasteiger partial charge in [0.15, 0.2) is 0 Å². The molecule has 0 aliphatic carbocycles. The number of hydrogen-bond acceptors (Lipinski definition) is 3. The van der Waals surface area contributed by atoms with Gasteiger partial charge in [-0.15, -0.1) is 0 Å². The van der Waals surface area contributed by atoms with Crippen molar-refractivity contribution in [2.24, 2.45) is 0 Å². The van der Waals surface area contributed by atoms with Crippen LogP contribution in [0.2, 0.25) is 0 Å². The molecule has 1 fully saturated rings. The van der Waals surface area contributed by atoms with Crippen molar-refractivity contribution in [2.45, 2.75) is 18.9 Å². The highest BCUT2D eigenvalue weighted by atomic mass is 16.5. The van der Waals surface area contributed by atoms with Gasteiger partial charge in [0.2, 0.25) is 0 Å². The predicted molar refractivity (Wildman–Crippen MR) is 81.8 cm³/mol. The molecule has 1 saturated heterocycles. The van der Waals surface area contributed by atoms with Crippen LogP contribution in [-0.2, 0) is 4.74 Å². The Morgan fingerprint density at radius 3 is 2.81 bits per heavy atom. The number of fused-ring (bicyclic) bond motifs is 1. The van der Waals surface area contributed by atoms with Crippen LogP contribution in [0.3, 0.4) is 0 Å². The van der Waals surface area contributed by atoms with E-state index in [4.69, 9.17) is 9.47 Å². The van der Waals surface area contributed by atoms with E-state index in [2.05, 4.69) is 5.32 Å². The van der Waals surface area contributed by atoms with Crippen molar-refractivity contribution in [2.75, 3.05) is 20.3 Å². The molecule has 4 heteroatoms. The minimum Gasteiger partial charge on any atom is -0.496 e. The number of carbonyl (C=O) groups is 1.